The van der Waals surface area contributed by atoms with Gasteiger partial charge in [0.25, 0.3) is 0 Å². The van der Waals surface area contributed by atoms with Gasteiger partial charge in [0.2, 0.25) is 0 Å². The maximum atomic E-state index is 11.7. The predicted molar refractivity (Wildman–Crippen MR) is 60.6 cm³/mol. The summed E-state index contributed by atoms with van der Waals surface area (Å²) in [4.78, 5) is 15.7. The zero-order valence-corrected chi connectivity index (χ0v) is 9.73. The first-order valence-corrected chi connectivity index (χ1v) is 5.26. The fraction of sp³-hybridized carbons (Fsp3) is 0.500. The standard InChI is InChI=1S/C12H17NO3/c1-10-3-5-13-9-11(10)12(14)4-6-16-8-7-15-2/h3,5,9H,4,6-8H2,1-2H3. The van der Waals surface area contributed by atoms with Gasteiger partial charge in [0.05, 0.1) is 19.8 Å². The van der Waals surface area contributed by atoms with Crippen LogP contribution in [0.1, 0.15) is 22.3 Å². The van der Waals surface area contributed by atoms with Crippen molar-refractivity contribution < 1.29 is 14.3 Å². The van der Waals surface area contributed by atoms with Crippen LogP contribution in [0.5, 0.6) is 0 Å². The van der Waals surface area contributed by atoms with Crippen LogP contribution in [0.4, 0.5) is 0 Å². The SMILES string of the molecule is COCCOCCC(=O)c1cnccc1C. The molecule has 1 heterocycles. The Bertz CT molecular complexity index is 339. The summed E-state index contributed by atoms with van der Waals surface area (Å²) in [6, 6.07) is 1.83. The molecule has 0 saturated heterocycles. The molecule has 0 radical (unpaired) electrons. The highest BCUT2D eigenvalue weighted by Crippen LogP contribution is 2.07. The van der Waals surface area contributed by atoms with Crippen LogP contribution in [0.15, 0.2) is 18.5 Å². The summed E-state index contributed by atoms with van der Waals surface area (Å²) in [7, 11) is 1.62. The van der Waals surface area contributed by atoms with E-state index in [-0.39, 0.29) is 5.78 Å². The average Bonchev–Trinajstić information content (AvgIpc) is 2.29. The van der Waals surface area contributed by atoms with Crippen molar-refractivity contribution in [2.75, 3.05) is 26.9 Å². The molecule has 4 heteroatoms. The first-order valence-electron chi connectivity index (χ1n) is 5.26. The summed E-state index contributed by atoms with van der Waals surface area (Å²) in [6.45, 7) is 3.41. The van der Waals surface area contributed by atoms with Crippen molar-refractivity contribution in [3.05, 3.63) is 29.6 Å². The van der Waals surface area contributed by atoms with Gasteiger partial charge in [0.15, 0.2) is 5.78 Å². The van der Waals surface area contributed by atoms with Crippen molar-refractivity contribution >= 4 is 5.78 Å². The fourth-order valence-electron chi connectivity index (χ4n) is 1.30. The van der Waals surface area contributed by atoms with E-state index in [1.165, 1.54) is 0 Å². The third-order valence-corrected chi connectivity index (χ3v) is 2.24. The molecular weight excluding hydrogens is 206 g/mol. The Balaban J connectivity index is 2.33. The van der Waals surface area contributed by atoms with E-state index in [9.17, 15) is 4.79 Å². The number of hydrogen-bond acceptors (Lipinski definition) is 4. The summed E-state index contributed by atoms with van der Waals surface area (Å²) in [5.74, 6) is 0.0722. The lowest BCUT2D eigenvalue weighted by Gasteiger charge is -2.05. The van der Waals surface area contributed by atoms with Gasteiger partial charge in [-0.3, -0.25) is 9.78 Å². The first-order chi connectivity index (χ1) is 7.75. The molecule has 0 aliphatic rings. The van der Waals surface area contributed by atoms with Crippen molar-refractivity contribution in [3.8, 4) is 0 Å². The van der Waals surface area contributed by atoms with Crippen molar-refractivity contribution in [1.82, 2.24) is 4.98 Å². The smallest absolute Gasteiger partial charge is 0.166 e. The number of methoxy groups -OCH3 is 1. The molecule has 0 atom stereocenters. The van der Waals surface area contributed by atoms with Gasteiger partial charge < -0.3 is 9.47 Å². The maximum absolute atomic E-state index is 11.7. The van der Waals surface area contributed by atoms with Gasteiger partial charge in [0.1, 0.15) is 0 Å². The van der Waals surface area contributed by atoms with Gasteiger partial charge in [-0.15, -0.1) is 0 Å². The minimum atomic E-state index is 0.0722. The van der Waals surface area contributed by atoms with E-state index < -0.39 is 0 Å². The van der Waals surface area contributed by atoms with Gasteiger partial charge in [0, 0.05) is 31.5 Å². The Morgan fingerprint density at radius 3 is 2.88 bits per heavy atom. The molecule has 0 saturated carbocycles. The van der Waals surface area contributed by atoms with Gasteiger partial charge >= 0.3 is 0 Å². The minimum Gasteiger partial charge on any atom is -0.382 e. The third kappa shape index (κ3) is 4.08. The Hall–Kier alpha value is -1.26. The van der Waals surface area contributed by atoms with E-state index in [1.54, 1.807) is 19.5 Å². The Kier molecular flexibility index (Phi) is 5.67. The van der Waals surface area contributed by atoms with Gasteiger partial charge in [-0.05, 0) is 18.6 Å². The number of nitrogens with zero attached hydrogens (tertiary/aromatic N) is 1. The second-order valence-electron chi connectivity index (χ2n) is 3.47. The number of carbonyl (C=O) groups is 1. The number of aromatic nitrogens is 1. The highest BCUT2D eigenvalue weighted by molar-refractivity contribution is 5.97. The number of rotatable bonds is 7. The van der Waals surface area contributed by atoms with Gasteiger partial charge in [-0.2, -0.15) is 0 Å². The number of hydrogen-bond donors (Lipinski definition) is 0. The normalized spacial score (nSPS) is 10.4. The van der Waals surface area contributed by atoms with E-state index >= 15 is 0 Å². The topological polar surface area (TPSA) is 48.4 Å². The maximum Gasteiger partial charge on any atom is 0.166 e. The summed E-state index contributed by atoms with van der Waals surface area (Å²) >= 11 is 0. The second-order valence-corrected chi connectivity index (χ2v) is 3.47. The molecule has 88 valence electrons. The lowest BCUT2D eigenvalue weighted by Crippen LogP contribution is -2.09. The van der Waals surface area contributed by atoms with E-state index in [4.69, 9.17) is 9.47 Å². The minimum absolute atomic E-state index is 0.0722. The lowest BCUT2D eigenvalue weighted by atomic mass is 10.1. The van der Waals surface area contributed by atoms with Crippen LogP contribution >= 0.6 is 0 Å². The Labute approximate surface area is 95.6 Å². The van der Waals surface area contributed by atoms with Crippen LogP contribution in [0.2, 0.25) is 0 Å². The largest absolute Gasteiger partial charge is 0.382 e. The molecule has 0 amide bonds. The summed E-state index contributed by atoms with van der Waals surface area (Å²) in [5.41, 5.74) is 1.63. The molecule has 0 bridgehead atoms. The summed E-state index contributed by atoms with van der Waals surface area (Å²) in [5, 5.41) is 0. The second kappa shape index (κ2) is 7.09. The molecule has 0 fully saturated rings. The summed E-state index contributed by atoms with van der Waals surface area (Å²) in [6.07, 6.45) is 3.67. The van der Waals surface area contributed by atoms with Crippen molar-refractivity contribution in [1.29, 1.82) is 0 Å². The molecule has 0 spiro atoms. The molecule has 0 aliphatic heterocycles. The molecule has 1 rings (SSSR count). The summed E-state index contributed by atoms with van der Waals surface area (Å²) < 4.78 is 10.1. The molecule has 0 N–H and O–H groups in total. The van der Waals surface area contributed by atoms with Gasteiger partial charge in [-0.1, -0.05) is 0 Å². The van der Waals surface area contributed by atoms with Crippen LogP contribution in [-0.4, -0.2) is 37.7 Å². The van der Waals surface area contributed by atoms with E-state index in [2.05, 4.69) is 4.98 Å². The van der Waals surface area contributed by atoms with Crippen LogP contribution < -0.4 is 0 Å². The predicted octanol–water partition coefficient (Wildman–Crippen LogP) is 1.63. The molecule has 1 aromatic heterocycles. The highest BCUT2D eigenvalue weighted by Gasteiger charge is 2.08. The molecular formula is C12H17NO3. The zero-order valence-electron chi connectivity index (χ0n) is 9.73. The number of aryl methyl sites for hydroxylation is 1. The van der Waals surface area contributed by atoms with Crippen LogP contribution in [0, 0.1) is 6.92 Å². The molecule has 0 unspecified atom stereocenters. The lowest BCUT2D eigenvalue weighted by molar-refractivity contribution is 0.0641. The number of ketones is 1. The Morgan fingerprint density at radius 1 is 1.38 bits per heavy atom. The number of pyridine rings is 1. The molecule has 16 heavy (non-hydrogen) atoms. The quantitative estimate of drug-likeness (QED) is 0.520. The van der Waals surface area contributed by atoms with Crippen molar-refractivity contribution in [2.24, 2.45) is 0 Å². The first kappa shape index (κ1) is 12.8. The van der Waals surface area contributed by atoms with Crippen LogP contribution in [0.25, 0.3) is 0 Å². The van der Waals surface area contributed by atoms with Crippen molar-refractivity contribution in [2.45, 2.75) is 13.3 Å². The van der Waals surface area contributed by atoms with Crippen LogP contribution in [-0.2, 0) is 9.47 Å². The highest BCUT2D eigenvalue weighted by atomic mass is 16.5. The van der Waals surface area contributed by atoms with Gasteiger partial charge in [-0.25, -0.2) is 0 Å². The zero-order chi connectivity index (χ0) is 11.8. The average molecular weight is 223 g/mol. The van der Waals surface area contributed by atoms with E-state index in [0.29, 0.717) is 31.8 Å². The number of ether oxygens (including phenoxy) is 2. The number of carbonyl (C=O) groups excluding carboxylic acids is 1. The molecule has 4 nitrogen and oxygen atoms in total. The van der Waals surface area contributed by atoms with Crippen LogP contribution in [0.3, 0.4) is 0 Å². The molecule has 1 aromatic rings. The third-order valence-electron chi connectivity index (χ3n) is 2.24. The molecule has 0 aliphatic carbocycles. The Morgan fingerprint density at radius 2 is 2.19 bits per heavy atom. The van der Waals surface area contributed by atoms with E-state index in [0.717, 1.165) is 5.56 Å². The molecule has 0 aromatic carbocycles. The monoisotopic (exact) mass is 223 g/mol. The van der Waals surface area contributed by atoms with E-state index in [1.807, 2.05) is 13.0 Å². The number of Topliss-reactive ketones (excluding diaryl/α,β-unsaturated/α-hetero) is 1. The fourth-order valence-corrected chi connectivity index (χ4v) is 1.30. The van der Waals surface area contributed by atoms with Crippen molar-refractivity contribution in [3.63, 3.8) is 0 Å².